The molecule has 21 heavy (non-hydrogen) atoms. The van der Waals surface area contributed by atoms with E-state index in [-0.39, 0.29) is 5.91 Å². The van der Waals surface area contributed by atoms with Crippen LogP contribution in [0.25, 0.3) is 0 Å². The van der Waals surface area contributed by atoms with Crippen molar-refractivity contribution in [1.29, 1.82) is 0 Å². The number of nitrogens with zero attached hydrogens (tertiary/aromatic N) is 1. The maximum atomic E-state index is 12.9. The minimum atomic E-state index is 0.0476. The van der Waals surface area contributed by atoms with Crippen LogP contribution in [0.15, 0.2) is 40.9 Å². The molecule has 108 valence electrons. The van der Waals surface area contributed by atoms with Crippen molar-refractivity contribution in [3.63, 3.8) is 0 Å². The van der Waals surface area contributed by atoms with Crippen LogP contribution < -0.4 is 10.6 Å². The van der Waals surface area contributed by atoms with Crippen LogP contribution in [0.3, 0.4) is 0 Å². The topological polar surface area (TPSA) is 46.3 Å². The molecule has 2 aromatic rings. The number of benzene rings is 2. The Morgan fingerprint density at radius 2 is 2.05 bits per heavy atom. The third-order valence-electron chi connectivity index (χ3n) is 3.63. The summed E-state index contributed by atoms with van der Waals surface area (Å²) in [4.78, 5) is 14.8. The standard InChI is InChI=1S/C16H14BrIN2O/c17-11-3-5-14(18)13(9-11)16(21)20-7-1-2-10-8-12(19)4-6-15(10)20/h3-6,8-9H,1-2,7,19H2. The SMILES string of the molecule is Nc1ccc2c(c1)CCCN2C(=O)c1cc(Br)ccc1I. The van der Waals surface area contributed by atoms with Gasteiger partial charge in [0.15, 0.2) is 0 Å². The number of nitrogens with two attached hydrogens (primary N) is 1. The second kappa shape index (κ2) is 5.96. The first-order chi connectivity index (χ1) is 10.1. The molecule has 2 N–H and O–H groups in total. The molecule has 0 atom stereocenters. The predicted molar refractivity (Wildman–Crippen MR) is 97.7 cm³/mol. The lowest BCUT2D eigenvalue weighted by molar-refractivity contribution is 0.0984. The highest BCUT2D eigenvalue weighted by atomic mass is 127. The molecule has 0 unspecified atom stereocenters. The fourth-order valence-corrected chi connectivity index (χ4v) is 3.56. The van der Waals surface area contributed by atoms with Gasteiger partial charge in [-0.15, -0.1) is 0 Å². The highest BCUT2D eigenvalue weighted by Crippen LogP contribution is 2.31. The first kappa shape index (κ1) is 14.8. The molecule has 3 nitrogen and oxygen atoms in total. The number of amides is 1. The van der Waals surface area contributed by atoms with Crippen molar-refractivity contribution in [3.05, 3.63) is 55.6 Å². The predicted octanol–water partition coefficient (Wildman–Crippen LogP) is 4.23. The largest absolute Gasteiger partial charge is 0.399 e. The van der Waals surface area contributed by atoms with Gasteiger partial charge in [0.1, 0.15) is 0 Å². The van der Waals surface area contributed by atoms with Gasteiger partial charge >= 0.3 is 0 Å². The minimum absolute atomic E-state index is 0.0476. The van der Waals surface area contributed by atoms with Crippen LogP contribution in [0.2, 0.25) is 0 Å². The van der Waals surface area contributed by atoms with Gasteiger partial charge in [-0.2, -0.15) is 0 Å². The van der Waals surface area contributed by atoms with Gasteiger partial charge in [0.05, 0.1) is 5.56 Å². The molecule has 1 aliphatic heterocycles. The van der Waals surface area contributed by atoms with Gasteiger partial charge in [-0.3, -0.25) is 4.79 Å². The molecular weight excluding hydrogens is 443 g/mol. The van der Waals surface area contributed by atoms with Crippen LogP contribution in [0, 0.1) is 3.57 Å². The molecule has 1 aliphatic rings. The van der Waals surface area contributed by atoms with Crippen molar-refractivity contribution in [1.82, 2.24) is 0 Å². The Morgan fingerprint density at radius 1 is 1.24 bits per heavy atom. The van der Waals surface area contributed by atoms with Gasteiger partial charge in [-0.1, -0.05) is 15.9 Å². The van der Waals surface area contributed by atoms with Crippen LogP contribution in [0.1, 0.15) is 22.3 Å². The van der Waals surface area contributed by atoms with Crippen molar-refractivity contribution in [2.24, 2.45) is 0 Å². The maximum Gasteiger partial charge on any atom is 0.259 e. The van der Waals surface area contributed by atoms with Crippen LogP contribution in [-0.4, -0.2) is 12.5 Å². The number of halogens is 2. The van der Waals surface area contributed by atoms with Gasteiger partial charge < -0.3 is 10.6 Å². The molecule has 5 heteroatoms. The first-order valence-electron chi connectivity index (χ1n) is 6.71. The number of anilines is 2. The third kappa shape index (κ3) is 2.94. The number of hydrogen-bond donors (Lipinski definition) is 1. The van der Waals surface area contributed by atoms with E-state index in [2.05, 4.69) is 38.5 Å². The van der Waals surface area contributed by atoms with Gasteiger partial charge in [0, 0.05) is 26.0 Å². The van der Waals surface area contributed by atoms with Gasteiger partial charge in [0.2, 0.25) is 0 Å². The molecule has 0 saturated carbocycles. The Kier molecular flexibility index (Phi) is 4.21. The monoisotopic (exact) mass is 456 g/mol. The quantitative estimate of drug-likeness (QED) is 0.515. The van der Waals surface area contributed by atoms with E-state index in [0.717, 1.165) is 49.9 Å². The fourth-order valence-electron chi connectivity index (χ4n) is 2.63. The summed E-state index contributed by atoms with van der Waals surface area (Å²) in [5.74, 6) is 0.0476. The van der Waals surface area contributed by atoms with Crippen molar-refractivity contribution < 1.29 is 4.79 Å². The Labute approximate surface area is 145 Å². The average Bonchev–Trinajstić information content (AvgIpc) is 2.48. The number of rotatable bonds is 1. The summed E-state index contributed by atoms with van der Waals surface area (Å²) in [6.07, 6.45) is 1.94. The highest BCUT2D eigenvalue weighted by Gasteiger charge is 2.25. The van der Waals surface area contributed by atoms with Crippen LogP contribution >= 0.6 is 38.5 Å². The summed E-state index contributed by atoms with van der Waals surface area (Å²) in [7, 11) is 0. The number of aryl methyl sites for hydroxylation is 1. The molecule has 1 amide bonds. The third-order valence-corrected chi connectivity index (χ3v) is 5.06. The Hall–Kier alpha value is -1.08. The molecule has 0 spiro atoms. The first-order valence-corrected chi connectivity index (χ1v) is 8.59. The van der Waals surface area contributed by atoms with Crippen molar-refractivity contribution in [2.75, 3.05) is 17.2 Å². The highest BCUT2D eigenvalue weighted by molar-refractivity contribution is 14.1. The zero-order valence-electron chi connectivity index (χ0n) is 11.3. The van der Waals surface area contributed by atoms with Crippen molar-refractivity contribution in [3.8, 4) is 0 Å². The van der Waals surface area contributed by atoms with Gasteiger partial charge in [-0.25, -0.2) is 0 Å². The number of hydrogen-bond acceptors (Lipinski definition) is 2. The van der Waals surface area contributed by atoms with Gasteiger partial charge in [0.25, 0.3) is 5.91 Å². The summed E-state index contributed by atoms with van der Waals surface area (Å²) < 4.78 is 1.88. The Morgan fingerprint density at radius 3 is 2.86 bits per heavy atom. The second-order valence-corrected chi connectivity index (χ2v) is 7.15. The molecule has 0 radical (unpaired) electrons. The number of nitrogen functional groups attached to an aromatic ring is 1. The Balaban J connectivity index is 2.02. The molecule has 0 aliphatic carbocycles. The summed E-state index contributed by atoms with van der Waals surface area (Å²) in [5.41, 5.74) is 9.46. The number of carbonyl (C=O) groups is 1. The van der Waals surface area contributed by atoms with E-state index in [1.165, 1.54) is 0 Å². The van der Waals surface area contributed by atoms with E-state index >= 15 is 0 Å². The molecule has 0 fully saturated rings. The lowest BCUT2D eigenvalue weighted by Crippen LogP contribution is -2.36. The van der Waals surface area contributed by atoms with Crippen LogP contribution in [0.4, 0.5) is 11.4 Å². The molecule has 2 aromatic carbocycles. The number of carbonyl (C=O) groups excluding carboxylic acids is 1. The molecule has 0 saturated heterocycles. The van der Waals surface area contributed by atoms with E-state index in [4.69, 9.17) is 5.73 Å². The van der Waals surface area contributed by atoms with E-state index in [1.54, 1.807) is 0 Å². The smallest absolute Gasteiger partial charge is 0.259 e. The summed E-state index contributed by atoms with van der Waals surface area (Å²) in [6, 6.07) is 11.6. The number of fused-ring (bicyclic) bond motifs is 1. The van der Waals surface area contributed by atoms with Gasteiger partial charge in [-0.05, 0) is 77.4 Å². The molecule has 3 rings (SSSR count). The van der Waals surface area contributed by atoms with E-state index < -0.39 is 0 Å². The van der Waals surface area contributed by atoms with Crippen LogP contribution in [-0.2, 0) is 6.42 Å². The summed E-state index contributed by atoms with van der Waals surface area (Å²) in [6.45, 7) is 0.748. The lowest BCUT2D eigenvalue weighted by Gasteiger charge is -2.30. The van der Waals surface area contributed by atoms with Crippen LogP contribution in [0.5, 0.6) is 0 Å². The molecule has 0 bridgehead atoms. The van der Waals surface area contributed by atoms with Crippen molar-refractivity contribution >= 4 is 55.8 Å². The fraction of sp³-hybridized carbons (Fsp3) is 0.188. The maximum absolute atomic E-state index is 12.9. The Bertz CT molecular complexity index is 717. The second-order valence-electron chi connectivity index (χ2n) is 5.07. The molecule has 0 aromatic heterocycles. The van der Waals surface area contributed by atoms with E-state index in [1.807, 2.05) is 41.3 Å². The minimum Gasteiger partial charge on any atom is -0.399 e. The molecular formula is C16H14BrIN2O. The summed E-state index contributed by atoms with van der Waals surface area (Å²) >= 11 is 5.64. The zero-order chi connectivity index (χ0) is 15.0. The normalized spacial score (nSPS) is 13.9. The molecule has 1 heterocycles. The van der Waals surface area contributed by atoms with E-state index in [0.29, 0.717) is 0 Å². The summed E-state index contributed by atoms with van der Waals surface area (Å²) in [5, 5.41) is 0. The lowest BCUT2D eigenvalue weighted by atomic mass is 10.00. The average molecular weight is 457 g/mol. The van der Waals surface area contributed by atoms with E-state index in [9.17, 15) is 4.79 Å². The zero-order valence-corrected chi connectivity index (χ0v) is 15.0. The van der Waals surface area contributed by atoms with Crippen molar-refractivity contribution in [2.45, 2.75) is 12.8 Å².